The molecular formula is C7H15NS. The van der Waals surface area contributed by atoms with Crippen LogP contribution >= 0.6 is 11.8 Å². The lowest BCUT2D eigenvalue weighted by Crippen LogP contribution is -2.13. The molecule has 1 aliphatic rings. The summed E-state index contributed by atoms with van der Waals surface area (Å²) >= 11 is 1.83. The number of hydrogen-bond acceptors (Lipinski definition) is 2. The summed E-state index contributed by atoms with van der Waals surface area (Å²) in [6.07, 6.45) is 0. The van der Waals surface area contributed by atoms with Gasteiger partial charge in [0.25, 0.3) is 0 Å². The monoisotopic (exact) mass is 145 g/mol. The van der Waals surface area contributed by atoms with Crippen molar-refractivity contribution < 1.29 is 0 Å². The fraction of sp³-hybridized carbons (Fsp3) is 0.714. The van der Waals surface area contributed by atoms with E-state index < -0.39 is 0 Å². The summed E-state index contributed by atoms with van der Waals surface area (Å²) in [6.45, 7) is 8.23. The van der Waals surface area contributed by atoms with Gasteiger partial charge in [0, 0.05) is 5.70 Å². The molecule has 0 fully saturated rings. The van der Waals surface area contributed by atoms with Crippen LogP contribution in [0.25, 0.3) is 0 Å². The van der Waals surface area contributed by atoms with E-state index >= 15 is 0 Å². The minimum absolute atomic E-state index is 0.597. The molecular weight excluding hydrogens is 130 g/mol. The zero-order valence-corrected chi connectivity index (χ0v) is 7.38. The maximum atomic E-state index is 3.24. The zero-order valence-electron chi connectivity index (χ0n) is 6.56. The van der Waals surface area contributed by atoms with Gasteiger partial charge in [-0.2, -0.15) is 0 Å². The SMILES string of the molecule is CC.CC1=CSC(C)N1. The lowest BCUT2D eigenvalue weighted by atomic mass is 10.5. The van der Waals surface area contributed by atoms with Crippen LogP contribution in [0.15, 0.2) is 11.1 Å². The first-order valence-electron chi connectivity index (χ1n) is 3.38. The van der Waals surface area contributed by atoms with Crippen LogP contribution in [-0.2, 0) is 0 Å². The molecule has 54 valence electrons. The van der Waals surface area contributed by atoms with Crippen molar-refractivity contribution in [1.82, 2.24) is 5.32 Å². The average Bonchev–Trinajstić information content (AvgIpc) is 2.20. The van der Waals surface area contributed by atoms with Gasteiger partial charge in [0.15, 0.2) is 0 Å². The fourth-order valence-electron chi connectivity index (χ4n) is 0.593. The Morgan fingerprint density at radius 3 is 2.22 bits per heavy atom. The molecule has 0 aromatic rings. The second kappa shape index (κ2) is 4.74. The van der Waals surface area contributed by atoms with Crippen molar-refractivity contribution in [2.24, 2.45) is 0 Å². The van der Waals surface area contributed by atoms with E-state index in [1.807, 2.05) is 25.6 Å². The molecule has 0 amide bonds. The van der Waals surface area contributed by atoms with Crippen LogP contribution in [0.3, 0.4) is 0 Å². The molecule has 0 saturated carbocycles. The van der Waals surface area contributed by atoms with Gasteiger partial charge in [-0.1, -0.05) is 13.8 Å². The third-order valence-electron chi connectivity index (χ3n) is 0.880. The number of allylic oxidation sites excluding steroid dienone is 1. The Bertz CT molecular complexity index is 99.1. The summed E-state index contributed by atoms with van der Waals surface area (Å²) in [5, 5.41) is 5.98. The molecule has 9 heavy (non-hydrogen) atoms. The molecule has 1 aliphatic heterocycles. The Morgan fingerprint density at radius 1 is 1.56 bits per heavy atom. The second-order valence-electron chi connectivity index (χ2n) is 1.72. The highest BCUT2D eigenvalue weighted by molar-refractivity contribution is 8.02. The van der Waals surface area contributed by atoms with Crippen LogP contribution < -0.4 is 5.32 Å². The predicted octanol–water partition coefficient (Wildman–Crippen LogP) is 2.56. The molecule has 0 aromatic heterocycles. The van der Waals surface area contributed by atoms with Crippen LogP contribution in [0.5, 0.6) is 0 Å². The summed E-state index contributed by atoms with van der Waals surface area (Å²) in [4.78, 5) is 0. The van der Waals surface area contributed by atoms with Crippen molar-refractivity contribution in [3.05, 3.63) is 11.1 Å². The summed E-state index contributed by atoms with van der Waals surface area (Å²) in [6, 6.07) is 0. The van der Waals surface area contributed by atoms with Gasteiger partial charge < -0.3 is 5.32 Å². The third kappa shape index (κ3) is 3.46. The van der Waals surface area contributed by atoms with E-state index in [0.29, 0.717) is 5.37 Å². The maximum Gasteiger partial charge on any atom is 0.0732 e. The van der Waals surface area contributed by atoms with Crippen molar-refractivity contribution >= 4 is 11.8 Å². The van der Waals surface area contributed by atoms with Crippen molar-refractivity contribution in [1.29, 1.82) is 0 Å². The lowest BCUT2D eigenvalue weighted by Gasteiger charge is -2.00. The Hall–Kier alpha value is -0.110. The molecule has 0 aromatic carbocycles. The summed E-state index contributed by atoms with van der Waals surface area (Å²) < 4.78 is 0. The van der Waals surface area contributed by atoms with Crippen molar-refractivity contribution in [2.45, 2.75) is 33.1 Å². The lowest BCUT2D eigenvalue weighted by molar-refractivity contribution is 0.822. The Kier molecular flexibility index (Phi) is 4.68. The van der Waals surface area contributed by atoms with Crippen LogP contribution in [0.2, 0.25) is 0 Å². The van der Waals surface area contributed by atoms with E-state index in [9.17, 15) is 0 Å². The molecule has 0 bridgehead atoms. The minimum atomic E-state index is 0.597. The number of hydrogen-bond donors (Lipinski definition) is 1. The predicted molar refractivity (Wildman–Crippen MR) is 45.3 cm³/mol. The molecule has 2 heteroatoms. The smallest absolute Gasteiger partial charge is 0.0732 e. The number of rotatable bonds is 0. The van der Waals surface area contributed by atoms with Crippen molar-refractivity contribution in [2.75, 3.05) is 0 Å². The second-order valence-corrected chi connectivity index (χ2v) is 2.94. The molecule has 1 nitrogen and oxygen atoms in total. The molecule has 1 unspecified atom stereocenters. The molecule has 0 saturated heterocycles. The molecule has 1 atom stereocenters. The van der Waals surface area contributed by atoms with E-state index in [-0.39, 0.29) is 0 Å². The van der Waals surface area contributed by atoms with Crippen molar-refractivity contribution in [3.8, 4) is 0 Å². The fourth-order valence-corrected chi connectivity index (χ4v) is 1.32. The standard InChI is InChI=1S/C5H9NS.C2H6/c1-4-3-7-5(2)6-4;1-2/h3,5-6H,1-2H3;1-2H3. The van der Waals surface area contributed by atoms with Gasteiger partial charge in [-0.05, 0) is 19.3 Å². The molecule has 0 spiro atoms. The topological polar surface area (TPSA) is 12.0 Å². The Morgan fingerprint density at radius 2 is 2.11 bits per heavy atom. The molecule has 1 rings (SSSR count). The van der Waals surface area contributed by atoms with Crippen LogP contribution in [0, 0.1) is 0 Å². The van der Waals surface area contributed by atoms with E-state index in [1.165, 1.54) is 5.70 Å². The first-order valence-corrected chi connectivity index (χ1v) is 4.32. The van der Waals surface area contributed by atoms with Crippen LogP contribution in [0.1, 0.15) is 27.7 Å². The Balaban J connectivity index is 0.000000291. The number of thioether (sulfide) groups is 1. The van der Waals surface area contributed by atoms with Gasteiger partial charge in [0.1, 0.15) is 0 Å². The van der Waals surface area contributed by atoms with Gasteiger partial charge in [0.2, 0.25) is 0 Å². The zero-order chi connectivity index (χ0) is 7.28. The van der Waals surface area contributed by atoms with E-state index in [4.69, 9.17) is 0 Å². The summed E-state index contributed by atoms with van der Waals surface area (Å²) in [5.41, 5.74) is 1.29. The number of nitrogens with one attached hydrogen (secondary N) is 1. The molecule has 0 radical (unpaired) electrons. The van der Waals surface area contributed by atoms with Crippen molar-refractivity contribution in [3.63, 3.8) is 0 Å². The first-order chi connectivity index (χ1) is 4.29. The molecule has 0 aliphatic carbocycles. The molecule has 1 heterocycles. The van der Waals surface area contributed by atoms with E-state index in [0.717, 1.165) is 0 Å². The summed E-state index contributed by atoms with van der Waals surface area (Å²) in [5.74, 6) is 0. The Labute approximate surface area is 61.9 Å². The van der Waals surface area contributed by atoms with Gasteiger partial charge in [0.05, 0.1) is 5.37 Å². The molecule has 1 N–H and O–H groups in total. The largest absolute Gasteiger partial charge is 0.376 e. The van der Waals surface area contributed by atoms with Gasteiger partial charge >= 0.3 is 0 Å². The highest BCUT2D eigenvalue weighted by Crippen LogP contribution is 2.18. The van der Waals surface area contributed by atoms with Crippen LogP contribution in [-0.4, -0.2) is 5.37 Å². The quantitative estimate of drug-likeness (QED) is 0.562. The first kappa shape index (κ1) is 8.89. The normalized spacial score (nSPS) is 23.6. The van der Waals surface area contributed by atoms with E-state index in [2.05, 4.69) is 24.6 Å². The third-order valence-corrected chi connectivity index (χ3v) is 1.90. The van der Waals surface area contributed by atoms with Gasteiger partial charge in [-0.25, -0.2) is 0 Å². The summed E-state index contributed by atoms with van der Waals surface area (Å²) in [7, 11) is 0. The van der Waals surface area contributed by atoms with Crippen LogP contribution in [0.4, 0.5) is 0 Å². The van der Waals surface area contributed by atoms with E-state index in [1.54, 1.807) is 0 Å². The highest BCUT2D eigenvalue weighted by atomic mass is 32.2. The average molecular weight is 145 g/mol. The van der Waals surface area contributed by atoms with Gasteiger partial charge in [-0.15, -0.1) is 11.8 Å². The maximum absolute atomic E-state index is 3.24. The minimum Gasteiger partial charge on any atom is -0.376 e. The van der Waals surface area contributed by atoms with Gasteiger partial charge in [-0.3, -0.25) is 0 Å². The highest BCUT2D eigenvalue weighted by Gasteiger charge is 2.05.